The number of aromatic nitrogens is 9. The van der Waals surface area contributed by atoms with Crippen molar-refractivity contribution in [2.75, 3.05) is 35.6 Å². The Kier molecular flexibility index (Phi) is 28.1. The number of nitrogens with zero attached hydrogens (tertiary/aromatic N) is 9. The highest BCUT2D eigenvalue weighted by atomic mass is 16.3. The Bertz CT molecular complexity index is 3460. The Morgan fingerprint density at radius 1 is 0.364 bits per heavy atom. The van der Waals surface area contributed by atoms with E-state index in [9.17, 15) is 15.3 Å². The van der Waals surface area contributed by atoms with Crippen molar-refractivity contribution >= 4 is 50.9 Å². The first-order valence-corrected chi connectivity index (χ1v) is 38.1. The molecule has 0 aliphatic heterocycles. The monoisotopic (exact) mass is 1350 g/mol. The summed E-state index contributed by atoms with van der Waals surface area (Å²) in [6.45, 7) is 25.5. The van der Waals surface area contributed by atoms with Crippen LogP contribution in [0.4, 0.5) is 17.8 Å². The second-order valence-electron chi connectivity index (χ2n) is 28.7. The van der Waals surface area contributed by atoms with E-state index in [1.54, 1.807) is 0 Å². The maximum absolute atomic E-state index is 10.0. The van der Waals surface area contributed by atoms with Crippen molar-refractivity contribution in [3.8, 4) is 33.4 Å². The minimum atomic E-state index is -0.168. The molecule has 0 saturated heterocycles. The lowest BCUT2D eigenvalue weighted by atomic mass is 9.93. The molecule has 6 aromatic heterocycles. The Morgan fingerprint density at radius 3 is 0.848 bits per heavy atom. The van der Waals surface area contributed by atoms with Gasteiger partial charge in [0.2, 0.25) is 17.8 Å². The number of aliphatic hydroxyl groups excluding tert-OH is 3. The quantitative estimate of drug-likeness (QED) is 0.0191. The third-order valence-electron chi connectivity index (χ3n) is 20.2. The van der Waals surface area contributed by atoms with E-state index in [2.05, 4.69) is 214 Å². The molecule has 18 nitrogen and oxygen atoms in total. The highest BCUT2D eigenvalue weighted by Crippen LogP contribution is 2.41. The van der Waals surface area contributed by atoms with Gasteiger partial charge in [-0.2, -0.15) is 15.0 Å². The number of fused-ring (bicyclic) bond motifs is 3. The molecule has 18 heteroatoms. The first-order chi connectivity index (χ1) is 48.3. The van der Waals surface area contributed by atoms with Gasteiger partial charge in [0.25, 0.3) is 0 Å². The molecule has 0 amide bonds. The van der Waals surface area contributed by atoms with Gasteiger partial charge in [0, 0.05) is 126 Å². The molecule has 3 aromatic carbocycles. The van der Waals surface area contributed by atoms with Crippen LogP contribution in [0.3, 0.4) is 0 Å². The van der Waals surface area contributed by atoms with Crippen LogP contribution in [0.5, 0.6) is 0 Å². The molecule has 3 aliphatic rings. The largest absolute Gasteiger partial charge is 0.393 e. The van der Waals surface area contributed by atoms with Gasteiger partial charge in [0.15, 0.2) is 0 Å². The molecule has 3 atom stereocenters. The molecule has 534 valence electrons. The maximum atomic E-state index is 10.0. The normalized spacial score (nSPS) is 19.6. The summed E-state index contributed by atoms with van der Waals surface area (Å²) < 4.78 is 7.01. The van der Waals surface area contributed by atoms with Crippen LogP contribution in [0.1, 0.15) is 232 Å². The van der Waals surface area contributed by atoms with Crippen molar-refractivity contribution in [3.63, 3.8) is 0 Å². The summed E-state index contributed by atoms with van der Waals surface area (Å²) >= 11 is 0. The van der Waals surface area contributed by atoms with Crippen LogP contribution >= 0.6 is 0 Å². The third-order valence-corrected chi connectivity index (χ3v) is 20.2. The molecule has 9 aromatic rings. The fraction of sp³-hybridized carbons (Fsp3) is 0.556. The standard InChI is InChI=1S/3C27H39N5O/c3*1-4-6-19(3)30-27-29-17-24-25(21-9-7-20(8-10-21)16-28-15-5-2)18-32(26(24)31-27)22-11-13-23(33)14-12-22/h3*7-10,17-19,22-23,28,33H,4-6,11-16H2,1-3H3,(H,29,30,31)/t2*19-,22?,23?;/m10./s1. The molecule has 0 radical (unpaired) electrons. The molecule has 0 bridgehead atoms. The topological polar surface area (TPSA) is 225 Å². The van der Waals surface area contributed by atoms with Gasteiger partial charge >= 0.3 is 0 Å². The molecule has 99 heavy (non-hydrogen) atoms. The van der Waals surface area contributed by atoms with Gasteiger partial charge in [-0.3, -0.25) is 0 Å². The van der Waals surface area contributed by atoms with Crippen LogP contribution in [0.2, 0.25) is 0 Å². The average molecular weight is 1350 g/mol. The lowest BCUT2D eigenvalue weighted by Crippen LogP contribution is -2.21. The third kappa shape index (κ3) is 20.2. The minimum absolute atomic E-state index is 0.168. The zero-order valence-corrected chi connectivity index (χ0v) is 61.0. The Labute approximate surface area is 589 Å². The summed E-state index contributed by atoms with van der Waals surface area (Å²) in [4.78, 5) is 28.9. The Hall–Kier alpha value is -7.32. The van der Waals surface area contributed by atoms with Gasteiger partial charge in [0.05, 0.1) is 18.3 Å². The van der Waals surface area contributed by atoms with Gasteiger partial charge in [-0.15, -0.1) is 0 Å². The van der Waals surface area contributed by atoms with Gasteiger partial charge < -0.3 is 60.9 Å². The van der Waals surface area contributed by atoms with E-state index in [-0.39, 0.29) is 18.3 Å². The summed E-state index contributed by atoms with van der Waals surface area (Å²) in [7, 11) is 0. The second kappa shape index (κ2) is 37.4. The number of hydrogen-bond donors (Lipinski definition) is 9. The van der Waals surface area contributed by atoms with Gasteiger partial charge in [-0.25, -0.2) is 15.0 Å². The van der Waals surface area contributed by atoms with Gasteiger partial charge in [-0.1, -0.05) is 134 Å². The van der Waals surface area contributed by atoms with Crippen LogP contribution in [0.15, 0.2) is 110 Å². The summed E-state index contributed by atoms with van der Waals surface area (Å²) in [5.41, 5.74) is 14.0. The average Bonchev–Trinajstić information content (AvgIpc) is 1.64. The van der Waals surface area contributed by atoms with E-state index in [0.717, 1.165) is 207 Å². The molecule has 3 fully saturated rings. The predicted molar refractivity (Wildman–Crippen MR) is 409 cm³/mol. The fourth-order valence-corrected chi connectivity index (χ4v) is 14.6. The van der Waals surface area contributed by atoms with Crippen LogP contribution in [-0.4, -0.2) is 115 Å². The van der Waals surface area contributed by atoms with E-state index < -0.39 is 0 Å². The van der Waals surface area contributed by atoms with Crippen molar-refractivity contribution in [1.29, 1.82) is 0 Å². The van der Waals surface area contributed by atoms with E-state index in [1.807, 2.05) is 18.6 Å². The molecule has 1 unspecified atom stereocenters. The lowest BCUT2D eigenvalue weighted by molar-refractivity contribution is 0.111. The number of anilines is 3. The van der Waals surface area contributed by atoms with Gasteiger partial charge in [-0.05, 0) is 189 Å². The van der Waals surface area contributed by atoms with Crippen LogP contribution in [0.25, 0.3) is 66.5 Å². The highest BCUT2D eigenvalue weighted by Gasteiger charge is 2.28. The zero-order valence-electron chi connectivity index (χ0n) is 61.0. The van der Waals surface area contributed by atoms with E-state index >= 15 is 0 Å². The van der Waals surface area contributed by atoms with Crippen molar-refractivity contribution in [2.45, 2.75) is 271 Å². The van der Waals surface area contributed by atoms with Crippen LogP contribution in [0, 0.1) is 0 Å². The van der Waals surface area contributed by atoms with E-state index in [0.29, 0.717) is 54.1 Å². The SMILES string of the molecule is CCCNCc1ccc(-c2cn(C3CCC(O)CC3)c3nc(NC(C)CCC)ncc23)cc1.CCCNCc1ccc(-c2cn(C3CCC(O)CC3)c3nc(N[C@@H](C)CCC)ncc23)cc1.CCCNCc1ccc(-c2cn(C3CCC(O)CC3)c3nc(N[C@H](C)CCC)ncc23)cc1. The highest BCUT2D eigenvalue weighted by molar-refractivity contribution is 5.96. The van der Waals surface area contributed by atoms with Gasteiger partial charge in [0.1, 0.15) is 16.9 Å². The maximum Gasteiger partial charge on any atom is 0.224 e. The molecule has 0 spiro atoms. The van der Waals surface area contributed by atoms with Crippen molar-refractivity contribution in [1.82, 2.24) is 59.6 Å². The van der Waals surface area contributed by atoms with E-state index in [1.165, 1.54) is 50.1 Å². The van der Waals surface area contributed by atoms with Crippen LogP contribution in [-0.2, 0) is 19.6 Å². The van der Waals surface area contributed by atoms with E-state index in [4.69, 9.17) is 15.0 Å². The number of aliphatic hydroxyl groups is 3. The molecule has 12 rings (SSSR count). The molecule has 3 saturated carbocycles. The van der Waals surface area contributed by atoms with Crippen molar-refractivity contribution in [3.05, 3.63) is 127 Å². The first kappa shape index (κ1) is 74.4. The Morgan fingerprint density at radius 2 is 0.616 bits per heavy atom. The molecular formula is C81H117N15O3. The first-order valence-electron chi connectivity index (χ1n) is 38.1. The number of rotatable bonds is 30. The Balaban J connectivity index is 0.000000161. The molecular weight excluding hydrogens is 1230 g/mol. The minimum Gasteiger partial charge on any atom is -0.393 e. The zero-order chi connectivity index (χ0) is 69.6. The summed E-state index contributed by atoms with van der Waals surface area (Å²) in [6, 6.07) is 28.6. The van der Waals surface area contributed by atoms with Crippen molar-refractivity contribution < 1.29 is 15.3 Å². The number of benzene rings is 3. The lowest BCUT2D eigenvalue weighted by Gasteiger charge is -2.27. The molecule has 9 N–H and O–H groups in total. The summed E-state index contributed by atoms with van der Waals surface area (Å²) in [6.07, 6.45) is 33.2. The molecule has 6 heterocycles. The number of hydrogen-bond acceptors (Lipinski definition) is 15. The van der Waals surface area contributed by atoms with Crippen molar-refractivity contribution in [2.24, 2.45) is 0 Å². The fourth-order valence-electron chi connectivity index (χ4n) is 14.6. The molecule has 3 aliphatic carbocycles. The number of nitrogens with one attached hydrogen (secondary N) is 6. The summed E-state index contributed by atoms with van der Waals surface area (Å²) in [5, 5.41) is 54.1. The smallest absolute Gasteiger partial charge is 0.224 e. The second-order valence-corrected chi connectivity index (χ2v) is 28.7. The predicted octanol–water partition coefficient (Wildman–Crippen LogP) is 17.0. The van der Waals surface area contributed by atoms with Crippen LogP contribution < -0.4 is 31.9 Å². The summed E-state index contributed by atoms with van der Waals surface area (Å²) in [5.74, 6) is 2.09.